The van der Waals surface area contributed by atoms with Gasteiger partial charge in [0.1, 0.15) is 0 Å². The molecule has 0 saturated heterocycles. The van der Waals surface area contributed by atoms with Crippen LogP contribution in [0.2, 0.25) is 0 Å². The molecule has 200 valence electrons. The molecule has 1 spiro atoms. The number of rotatable bonds is 3. The SMILES string of the molecule is C=C1C[C@@]23CC[C@H]4[C@@](C)(CCC[C@@]4(C)C(=O)O)[C@@H]2CC[C@]1(O)C3.C[C@H](N)[C@H](O)c1ccc(O)c(O)c1. The standard InChI is InChI=1S/C20H30O3.C9H13NO3/c1-13-11-19-9-5-14-17(2,7-4-8-18(14,3)16(21)22)15(19)6-10-20(13,23)12-19;1-5(10)9(13)6-2-3-7(11)8(12)4-6/h14-15,23H,1,4-12H2,2-3H3,(H,21,22);2-5,9,11-13H,10H2,1H3/t14-,15-,17+,18+,19+,20-;5-,9-/m00/s1. The molecule has 0 aliphatic heterocycles. The van der Waals surface area contributed by atoms with Crippen molar-refractivity contribution in [3.63, 3.8) is 0 Å². The Morgan fingerprint density at radius 3 is 2.36 bits per heavy atom. The lowest BCUT2D eigenvalue weighted by atomic mass is 9.41. The maximum absolute atomic E-state index is 12.0. The Balaban J connectivity index is 0.000000200. The Morgan fingerprint density at radius 1 is 1.08 bits per heavy atom. The molecule has 5 rings (SSSR count). The molecule has 7 nitrogen and oxygen atoms in total. The van der Waals surface area contributed by atoms with Gasteiger partial charge in [-0.3, -0.25) is 4.79 Å². The quantitative estimate of drug-likeness (QED) is 0.262. The summed E-state index contributed by atoms with van der Waals surface area (Å²) in [4.78, 5) is 12.0. The van der Waals surface area contributed by atoms with Crippen molar-refractivity contribution in [2.75, 3.05) is 0 Å². The fourth-order valence-corrected chi connectivity index (χ4v) is 8.63. The number of fused-ring (bicyclic) bond motifs is 3. The second kappa shape index (κ2) is 9.03. The van der Waals surface area contributed by atoms with E-state index >= 15 is 0 Å². The number of carboxylic acids is 1. The molecular weight excluding hydrogens is 458 g/mol. The van der Waals surface area contributed by atoms with E-state index in [9.17, 15) is 20.1 Å². The minimum Gasteiger partial charge on any atom is -0.504 e. The van der Waals surface area contributed by atoms with Crippen LogP contribution in [0.1, 0.15) is 90.2 Å². The monoisotopic (exact) mass is 501 g/mol. The van der Waals surface area contributed by atoms with Crippen molar-refractivity contribution in [2.45, 2.75) is 96.3 Å². The zero-order valence-electron chi connectivity index (χ0n) is 21.8. The number of phenolic OH excluding ortho intramolecular Hbond substituents is 2. The molecule has 0 radical (unpaired) electrons. The molecular formula is C29H43NO6. The molecule has 0 heterocycles. The van der Waals surface area contributed by atoms with Gasteiger partial charge < -0.3 is 31.3 Å². The number of aliphatic carboxylic acids is 1. The van der Waals surface area contributed by atoms with Gasteiger partial charge in [-0.25, -0.2) is 0 Å². The smallest absolute Gasteiger partial charge is 0.309 e. The van der Waals surface area contributed by atoms with Crippen molar-refractivity contribution in [1.29, 1.82) is 0 Å². The molecule has 4 saturated carbocycles. The summed E-state index contributed by atoms with van der Waals surface area (Å²) < 4.78 is 0. The predicted molar refractivity (Wildman–Crippen MR) is 137 cm³/mol. The summed E-state index contributed by atoms with van der Waals surface area (Å²) in [5.41, 5.74) is 6.08. The van der Waals surface area contributed by atoms with Crippen molar-refractivity contribution >= 4 is 5.97 Å². The van der Waals surface area contributed by atoms with Crippen LogP contribution in [-0.2, 0) is 4.79 Å². The third kappa shape index (κ3) is 4.13. The minimum absolute atomic E-state index is 0.107. The molecule has 0 amide bonds. The highest BCUT2D eigenvalue weighted by Gasteiger charge is 2.67. The fraction of sp³-hybridized carbons (Fsp3) is 0.690. The van der Waals surface area contributed by atoms with Crippen molar-refractivity contribution in [3.8, 4) is 11.5 Å². The van der Waals surface area contributed by atoms with Crippen molar-refractivity contribution < 1.29 is 30.3 Å². The van der Waals surface area contributed by atoms with Crippen LogP contribution in [0.4, 0.5) is 0 Å². The number of aromatic hydroxyl groups is 2. The molecule has 4 aliphatic rings. The lowest BCUT2D eigenvalue weighted by Gasteiger charge is -2.63. The van der Waals surface area contributed by atoms with Gasteiger partial charge >= 0.3 is 5.97 Å². The van der Waals surface area contributed by atoms with E-state index in [1.54, 1.807) is 6.92 Å². The minimum atomic E-state index is -0.827. The summed E-state index contributed by atoms with van der Waals surface area (Å²) in [7, 11) is 0. The molecule has 7 N–H and O–H groups in total. The molecule has 1 aromatic rings. The van der Waals surface area contributed by atoms with Crippen LogP contribution in [-0.4, -0.2) is 43.1 Å². The van der Waals surface area contributed by atoms with E-state index in [0.717, 1.165) is 63.4 Å². The molecule has 36 heavy (non-hydrogen) atoms. The lowest BCUT2D eigenvalue weighted by Crippen LogP contribution is -2.59. The van der Waals surface area contributed by atoms with Crippen LogP contribution in [0.25, 0.3) is 0 Å². The fourth-order valence-electron chi connectivity index (χ4n) is 8.63. The van der Waals surface area contributed by atoms with Gasteiger partial charge in [-0.05, 0) is 111 Å². The van der Waals surface area contributed by atoms with E-state index in [-0.39, 0.29) is 28.2 Å². The zero-order valence-corrected chi connectivity index (χ0v) is 21.8. The van der Waals surface area contributed by atoms with Gasteiger partial charge in [0.05, 0.1) is 17.1 Å². The highest BCUT2D eigenvalue weighted by molar-refractivity contribution is 5.75. The normalized spacial score (nSPS) is 40.8. The Hall–Kier alpha value is -2.09. The van der Waals surface area contributed by atoms with Crippen molar-refractivity contribution in [1.82, 2.24) is 0 Å². The summed E-state index contributed by atoms with van der Waals surface area (Å²) in [5, 5.41) is 48.4. The van der Waals surface area contributed by atoms with Crippen molar-refractivity contribution in [2.24, 2.45) is 33.8 Å². The maximum atomic E-state index is 12.0. The highest BCUT2D eigenvalue weighted by Crippen LogP contribution is 2.72. The Bertz CT molecular complexity index is 1040. The van der Waals surface area contributed by atoms with Gasteiger partial charge in [-0.1, -0.05) is 26.0 Å². The molecule has 0 aromatic heterocycles. The summed E-state index contributed by atoms with van der Waals surface area (Å²) in [5.74, 6) is -0.241. The summed E-state index contributed by atoms with van der Waals surface area (Å²) in [6.45, 7) is 10.2. The van der Waals surface area contributed by atoms with E-state index in [2.05, 4.69) is 13.5 Å². The van der Waals surface area contributed by atoms with Gasteiger partial charge in [0.15, 0.2) is 11.5 Å². The first kappa shape index (κ1) is 27.0. The van der Waals surface area contributed by atoms with Crippen LogP contribution in [0, 0.1) is 28.1 Å². The first-order valence-corrected chi connectivity index (χ1v) is 13.3. The lowest BCUT2D eigenvalue weighted by molar-refractivity contribution is -0.186. The second-order valence-corrected chi connectivity index (χ2v) is 12.7. The number of benzene rings is 1. The van der Waals surface area contributed by atoms with Crippen LogP contribution in [0.15, 0.2) is 30.4 Å². The molecule has 8 atom stereocenters. The summed E-state index contributed by atoms with van der Waals surface area (Å²) in [6.07, 6.45) is 7.93. The Labute approximate surface area is 214 Å². The Morgan fingerprint density at radius 2 is 1.75 bits per heavy atom. The number of hydrogen-bond acceptors (Lipinski definition) is 6. The first-order chi connectivity index (χ1) is 16.7. The molecule has 4 fully saturated rings. The van der Waals surface area contributed by atoms with E-state index in [1.807, 2.05) is 6.92 Å². The van der Waals surface area contributed by atoms with Crippen LogP contribution in [0.5, 0.6) is 11.5 Å². The Kier molecular flexibility index (Phi) is 6.76. The van der Waals surface area contributed by atoms with E-state index in [0.29, 0.717) is 11.5 Å². The number of aliphatic hydroxyl groups is 2. The van der Waals surface area contributed by atoms with Gasteiger partial charge in [-0.15, -0.1) is 0 Å². The zero-order chi connectivity index (χ0) is 26.7. The molecule has 1 aromatic carbocycles. The molecule has 4 aliphatic carbocycles. The number of hydrogen-bond donors (Lipinski definition) is 6. The van der Waals surface area contributed by atoms with E-state index in [1.165, 1.54) is 18.2 Å². The second-order valence-electron chi connectivity index (χ2n) is 12.7. The third-order valence-corrected chi connectivity index (χ3v) is 10.5. The molecule has 2 bridgehead atoms. The van der Waals surface area contributed by atoms with Gasteiger partial charge in [0, 0.05) is 6.04 Å². The van der Waals surface area contributed by atoms with Gasteiger partial charge in [0.25, 0.3) is 0 Å². The first-order valence-electron chi connectivity index (χ1n) is 13.3. The summed E-state index contributed by atoms with van der Waals surface area (Å²) in [6, 6.07) is 3.71. The molecule has 0 unspecified atom stereocenters. The highest BCUT2D eigenvalue weighted by atomic mass is 16.4. The average Bonchev–Trinajstić information content (AvgIpc) is 2.98. The van der Waals surface area contributed by atoms with Gasteiger partial charge in [-0.2, -0.15) is 0 Å². The number of nitrogens with two attached hydrogens (primary N) is 1. The van der Waals surface area contributed by atoms with Crippen LogP contribution >= 0.6 is 0 Å². The van der Waals surface area contributed by atoms with E-state index < -0.39 is 29.1 Å². The van der Waals surface area contributed by atoms with E-state index in [4.69, 9.17) is 15.9 Å². The van der Waals surface area contributed by atoms with Gasteiger partial charge in [0.2, 0.25) is 0 Å². The van der Waals surface area contributed by atoms with Crippen molar-refractivity contribution in [3.05, 3.63) is 35.9 Å². The number of carboxylic acid groups (broad SMARTS) is 1. The molecule has 7 heteroatoms. The number of aliphatic hydroxyl groups excluding tert-OH is 1. The van der Waals surface area contributed by atoms with Crippen LogP contribution in [0.3, 0.4) is 0 Å². The predicted octanol–water partition coefficient (Wildman–Crippen LogP) is 4.63. The summed E-state index contributed by atoms with van der Waals surface area (Å²) >= 11 is 0. The average molecular weight is 502 g/mol. The third-order valence-electron chi connectivity index (χ3n) is 10.5. The largest absolute Gasteiger partial charge is 0.504 e. The topological polar surface area (TPSA) is 144 Å². The maximum Gasteiger partial charge on any atom is 0.309 e. The number of phenols is 2. The van der Waals surface area contributed by atoms with Crippen LogP contribution < -0.4 is 5.73 Å². The number of carbonyl (C=O) groups is 1.